The molecule has 0 bridgehead atoms. The minimum Gasteiger partial charge on any atom is -0.393 e. The molecule has 0 aromatic heterocycles. The summed E-state index contributed by atoms with van der Waals surface area (Å²) in [5.74, 6) is 0. The summed E-state index contributed by atoms with van der Waals surface area (Å²) in [4.78, 5) is 5.40. The Morgan fingerprint density at radius 3 is 2.83 bits per heavy atom. The molecule has 0 saturated carbocycles. The number of benzene rings is 2. The lowest BCUT2D eigenvalue weighted by Gasteiger charge is -2.13. The van der Waals surface area contributed by atoms with Gasteiger partial charge in [-0.25, -0.2) is 0 Å². The van der Waals surface area contributed by atoms with Crippen LogP contribution in [-0.2, 0) is 11.3 Å². The van der Waals surface area contributed by atoms with Crippen molar-refractivity contribution in [1.82, 2.24) is 5.32 Å². The molecule has 1 aliphatic rings. The van der Waals surface area contributed by atoms with Crippen LogP contribution in [0.15, 0.2) is 35.5 Å². The fourth-order valence-electron chi connectivity index (χ4n) is 3.16. The lowest BCUT2D eigenvalue weighted by Crippen LogP contribution is -2.34. The Labute approximate surface area is 143 Å². The summed E-state index contributed by atoms with van der Waals surface area (Å²) in [6.07, 6.45) is 1.34. The van der Waals surface area contributed by atoms with Gasteiger partial charge in [0.2, 0.25) is 0 Å². The largest absolute Gasteiger partial charge is 0.393 e. The van der Waals surface area contributed by atoms with Crippen molar-refractivity contribution in [3.8, 4) is 0 Å². The van der Waals surface area contributed by atoms with E-state index in [1.807, 2.05) is 0 Å². The lowest BCUT2D eigenvalue weighted by molar-refractivity contribution is 0.0393. The Bertz CT molecular complexity index is 753. The zero-order valence-corrected chi connectivity index (χ0v) is 14.7. The van der Waals surface area contributed by atoms with E-state index in [2.05, 4.69) is 61.6 Å². The van der Waals surface area contributed by atoms with E-state index >= 15 is 0 Å². The van der Waals surface area contributed by atoms with E-state index in [0.29, 0.717) is 12.6 Å². The summed E-state index contributed by atoms with van der Waals surface area (Å²) in [5, 5.41) is 19.9. The second-order valence-electron chi connectivity index (χ2n) is 6.87. The topological polar surface area (TPSA) is 53.9 Å². The fraction of sp³-hybridized carbons (Fsp3) is 0.450. The molecule has 1 aliphatic carbocycles. The van der Waals surface area contributed by atoms with E-state index in [4.69, 9.17) is 4.84 Å². The van der Waals surface area contributed by atoms with Crippen molar-refractivity contribution in [2.24, 2.45) is 5.16 Å². The number of hydrogen-bond donors (Lipinski definition) is 2. The lowest BCUT2D eigenvalue weighted by atomic mass is 9.99. The standard InChI is InChI=1S/C20H26N2O2/c1-13(2)21-11-16(23)12-24-22-20-9-8-18-17-6-4-14(3)10-15(17)5-7-19(18)20/h4-7,10,13,16,21,23H,8-9,11-12H2,1-3H3. The van der Waals surface area contributed by atoms with Crippen LogP contribution in [0.5, 0.6) is 0 Å². The first-order chi connectivity index (χ1) is 11.5. The van der Waals surface area contributed by atoms with E-state index < -0.39 is 6.10 Å². The van der Waals surface area contributed by atoms with Crippen LogP contribution in [-0.4, -0.2) is 36.1 Å². The molecular formula is C20H26N2O2. The smallest absolute Gasteiger partial charge is 0.144 e. The molecule has 0 heterocycles. The van der Waals surface area contributed by atoms with Crippen molar-refractivity contribution < 1.29 is 9.94 Å². The maximum absolute atomic E-state index is 9.88. The van der Waals surface area contributed by atoms with Crippen molar-refractivity contribution in [2.45, 2.75) is 45.8 Å². The molecule has 0 radical (unpaired) electrons. The van der Waals surface area contributed by atoms with Crippen molar-refractivity contribution in [1.29, 1.82) is 0 Å². The number of hydrogen-bond acceptors (Lipinski definition) is 4. The Morgan fingerprint density at radius 1 is 1.21 bits per heavy atom. The first-order valence-electron chi connectivity index (χ1n) is 8.67. The molecule has 1 atom stereocenters. The quantitative estimate of drug-likeness (QED) is 0.802. The van der Waals surface area contributed by atoms with Gasteiger partial charge < -0.3 is 15.3 Å². The number of aryl methyl sites for hydroxylation is 2. The average molecular weight is 326 g/mol. The number of rotatable bonds is 6. The molecule has 2 N–H and O–H groups in total. The van der Waals surface area contributed by atoms with Gasteiger partial charge in [0.1, 0.15) is 12.7 Å². The monoisotopic (exact) mass is 326 g/mol. The predicted octanol–water partition coefficient (Wildman–Crippen LogP) is 3.17. The van der Waals surface area contributed by atoms with E-state index in [0.717, 1.165) is 18.6 Å². The highest BCUT2D eigenvalue weighted by molar-refractivity contribution is 6.08. The van der Waals surface area contributed by atoms with E-state index in [-0.39, 0.29) is 6.61 Å². The Balaban J connectivity index is 1.69. The minimum atomic E-state index is -0.544. The molecule has 0 amide bonds. The van der Waals surface area contributed by atoms with Gasteiger partial charge in [0.15, 0.2) is 0 Å². The van der Waals surface area contributed by atoms with Crippen LogP contribution in [0, 0.1) is 6.92 Å². The van der Waals surface area contributed by atoms with Gasteiger partial charge in [-0.3, -0.25) is 0 Å². The number of aliphatic hydroxyl groups is 1. The Hall–Kier alpha value is -1.91. The fourth-order valence-corrected chi connectivity index (χ4v) is 3.16. The zero-order valence-electron chi connectivity index (χ0n) is 14.7. The second-order valence-corrected chi connectivity index (χ2v) is 6.87. The SMILES string of the molecule is Cc1ccc2c3c(ccc2c1)C(=NOCC(O)CNC(C)C)CC3. The molecule has 4 nitrogen and oxygen atoms in total. The van der Waals surface area contributed by atoms with Gasteiger partial charge in [0.25, 0.3) is 0 Å². The summed E-state index contributed by atoms with van der Waals surface area (Å²) in [5.41, 5.74) is 4.80. The highest BCUT2D eigenvalue weighted by Crippen LogP contribution is 2.30. The van der Waals surface area contributed by atoms with E-state index in [1.54, 1.807) is 0 Å². The van der Waals surface area contributed by atoms with Crippen LogP contribution in [0.4, 0.5) is 0 Å². The van der Waals surface area contributed by atoms with E-state index in [9.17, 15) is 5.11 Å². The Kier molecular flexibility index (Phi) is 5.17. The van der Waals surface area contributed by atoms with Gasteiger partial charge in [-0.1, -0.05) is 54.9 Å². The first-order valence-corrected chi connectivity index (χ1v) is 8.67. The van der Waals surface area contributed by atoms with Crippen LogP contribution >= 0.6 is 0 Å². The van der Waals surface area contributed by atoms with Crippen molar-refractivity contribution in [2.75, 3.05) is 13.2 Å². The molecule has 0 saturated heterocycles. The first kappa shape index (κ1) is 16.9. The molecule has 3 rings (SSSR count). The third-order valence-electron chi connectivity index (χ3n) is 4.41. The summed E-state index contributed by atoms with van der Waals surface area (Å²) in [6.45, 7) is 6.95. The summed E-state index contributed by atoms with van der Waals surface area (Å²) in [6, 6.07) is 11.2. The van der Waals surface area contributed by atoms with Crippen molar-refractivity contribution >= 4 is 16.5 Å². The van der Waals surface area contributed by atoms with Gasteiger partial charge in [0, 0.05) is 18.2 Å². The van der Waals surface area contributed by atoms with Gasteiger partial charge in [0.05, 0.1) is 5.71 Å². The molecule has 24 heavy (non-hydrogen) atoms. The molecule has 128 valence electrons. The van der Waals surface area contributed by atoms with Crippen LogP contribution < -0.4 is 5.32 Å². The number of nitrogens with one attached hydrogen (secondary N) is 1. The van der Waals surface area contributed by atoms with Crippen molar-refractivity contribution in [3.05, 3.63) is 47.0 Å². The molecule has 1 unspecified atom stereocenters. The molecule has 2 aromatic rings. The van der Waals surface area contributed by atoms with Crippen LogP contribution in [0.1, 0.15) is 37.0 Å². The molecule has 2 aromatic carbocycles. The predicted molar refractivity (Wildman–Crippen MR) is 98.6 cm³/mol. The Morgan fingerprint density at radius 2 is 2.04 bits per heavy atom. The zero-order chi connectivity index (χ0) is 17.1. The normalized spacial score (nSPS) is 16.8. The molecule has 0 fully saturated rings. The van der Waals surface area contributed by atoms with Gasteiger partial charge in [-0.2, -0.15) is 0 Å². The number of fused-ring (bicyclic) bond motifs is 3. The number of oxime groups is 1. The summed E-state index contributed by atoms with van der Waals surface area (Å²) in [7, 11) is 0. The van der Waals surface area contributed by atoms with E-state index in [1.165, 1.54) is 27.5 Å². The highest BCUT2D eigenvalue weighted by Gasteiger charge is 2.20. The number of aliphatic hydroxyl groups excluding tert-OH is 1. The van der Waals surface area contributed by atoms with Crippen LogP contribution in [0.3, 0.4) is 0 Å². The summed E-state index contributed by atoms with van der Waals surface area (Å²) >= 11 is 0. The van der Waals surface area contributed by atoms with Gasteiger partial charge >= 0.3 is 0 Å². The molecule has 4 heteroatoms. The molecule has 0 spiro atoms. The second kappa shape index (κ2) is 7.32. The average Bonchev–Trinajstić information content (AvgIpc) is 2.96. The van der Waals surface area contributed by atoms with Gasteiger partial charge in [-0.15, -0.1) is 0 Å². The third-order valence-corrected chi connectivity index (χ3v) is 4.41. The van der Waals surface area contributed by atoms with Crippen LogP contribution in [0.2, 0.25) is 0 Å². The van der Waals surface area contributed by atoms with Crippen LogP contribution in [0.25, 0.3) is 10.8 Å². The molecular weight excluding hydrogens is 300 g/mol. The summed E-state index contributed by atoms with van der Waals surface area (Å²) < 4.78 is 0. The number of nitrogens with zero attached hydrogens (tertiary/aromatic N) is 1. The minimum absolute atomic E-state index is 0.214. The van der Waals surface area contributed by atoms with Gasteiger partial charge in [-0.05, 0) is 36.1 Å². The maximum Gasteiger partial charge on any atom is 0.144 e. The maximum atomic E-state index is 9.88. The molecule has 0 aliphatic heterocycles. The highest BCUT2D eigenvalue weighted by atomic mass is 16.6. The van der Waals surface area contributed by atoms with Crippen molar-refractivity contribution in [3.63, 3.8) is 0 Å². The third kappa shape index (κ3) is 3.77.